The van der Waals surface area contributed by atoms with Crippen molar-refractivity contribution in [3.05, 3.63) is 53.9 Å². The van der Waals surface area contributed by atoms with Crippen molar-refractivity contribution in [2.75, 3.05) is 32.7 Å². The Kier molecular flexibility index (Phi) is 7.43. The summed E-state index contributed by atoms with van der Waals surface area (Å²) in [4.78, 5) is 23.4. The summed E-state index contributed by atoms with van der Waals surface area (Å²) in [6, 6.07) is 4.86. The summed E-state index contributed by atoms with van der Waals surface area (Å²) in [5.41, 5.74) is 0.846. The van der Waals surface area contributed by atoms with E-state index in [-0.39, 0.29) is 11.7 Å². The normalized spacial score (nSPS) is 19.6. The molecule has 0 saturated carbocycles. The van der Waals surface area contributed by atoms with Crippen LogP contribution in [0.2, 0.25) is 0 Å². The van der Waals surface area contributed by atoms with Crippen LogP contribution in [0.25, 0.3) is 0 Å². The third-order valence-corrected chi connectivity index (χ3v) is 5.55. The van der Waals surface area contributed by atoms with Crippen LogP contribution in [0.5, 0.6) is 0 Å². The van der Waals surface area contributed by atoms with Gasteiger partial charge in [0.25, 0.3) is 5.91 Å². The lowest BCUT2D eigenvalue weighted by Gasteiger charge is -2.39. The highest BCUT2D eigenvalue weighted by Gasteiger charge is 2.28. The first-order valence-corrected chi connectivity index (χ1v) is 10.5. The third-order valence-electron chi connectivity index (χ3n) is 5.55. The summed E-state index contributed by atoms with van der Waals surface area (Å²) in [5.74, 6) is 0.751. The molecule has 2 unspecified atom stereocenters. The molecule has 2 atom stereocenters. The molecule has 8 heteroatoms. The number of carbonyl (C=O) groups excluding carboxylic acids is 1. The van der Waals surface area contributed by atoms with Crippen molar-refractivity contribution < 1.29 is 9.18 Å². The third kappa shape index (κ3) is 5.37. The Balaban J connectivity index is 1.57. The molecule has 7 nitrogen and oxygen atoms in total. The number of carbonyl (C=O) groups is 1. The predicted octanol–water partition coefficient (Wildman–Crippen LogP) is 2.61. The standard InChI is InChI=1S/C22H31FN6O/c1-4-25-22(28-11-7-17(3)20(14-28)29-12-10-24-15-29)27-9-8-26-21(30)18-6-5-16(2)19(23)13-18/h5-6,10,12-13,15,17,20H,4,7-9,11,14H2,1-3H3,(H,25,27)(H,26,30). The molecule has 1 saturated heterocycles. The van der Waals surface area contributed by atoms with Gasteiger partial charge in [0, 0.05) is 44.1 Å². The molecule has 1 fully saturated rings. The number of halogens is 1. The van der Waals surface area contributed by atoms with Gasteiger partial charge in [-0.05, 0) is 43.9 Å². The van der Waals surface area contributed by atoms with Gasteiger partial charge in [-0.3, -0.25) is 9.79 Å². The lowest BCUT2D eigenvalue weighted by Crippen LogP contribution is -2.49. The van der Waals surface area contributed by atoms with Gasteiger partial charge in [-0.25, -0.2) is 9.37 Å². The van der Waals surface area contributed by atoms with E-state index in [0.717, 1.165) is 32.0 Å². The molecule has 1 aliphatic rings. The number of aromatic nitrogens is 2. The zero-order chi connectivity index (χ0) is 21.5. The van der Waals surface area contributed by atoms with Crippen molar-refractivity contribution in [2.45, 2.75) is 33.2 Å². The number of nitrogens with one attached hydrogen (secondary N) is 2. The Morgan fingerprint density at radius 3 is 2.90 bits per heavy atom. The largest absolute Gasteiger partial charge is 0.357 e. The fourth-order valence-electron chi connectivity index (χ4n) is 3.69. The van der Waals surface area contributed by atoms with Crippen LogP contribution in [-0.2, 0) is 0 Å². The summed E-state index contributed by atoms with van der Waals surface area (Å²) in [6.45, 7) is 9.40. The number of amides is 1. The van der Waals surface area contributed by atoms with Crippen molar-refractivity contribution in [1.29, 1.82) is 0 Å². The minimum atomic E-state index is -0.373. The monoisotopic (exact) mass is 414 g/mol. The van der Waals surface area contributed by atoms with E-state index in [2.05, 4.69) is 32.0 Å². The first-order valence-electron chi connectivity index (χ1n) is 10.5. The predicted molar refractivity (Wildman–Crippen MR) is 116 cm³/mol. The molecule has 3 rings (SSSR count). The van der Waals surface area contributed by atoms with Crippen molar-refractivity contribution in [2.24, 2.45) is 10.9 Å². The highest BCUT2D eigenvalue weighted by atomic mass is 19.1. The molecule has 2 aromatic rings. The van der Waals surface area contributed by atoms with Gasteiger partial charge in [0.1, 0.15) is 5.82 Å². The Morgan fingerprint density at radius 2 is 2.20 bits per heavy atom. The Morgan fingerprint density at radius 1 is 1.37 bits per heavy atom. The van der Waals surface area contributed by atoms with E-state index in [9.17, 15) is 9.18 Å². The number of hydrogen-bond donors (Lipinski definition) is 2. The molecular formula is C22H31FN6O. The second kappa shape index (κ2) is 10.2. The molecule has 162 valence electrons. The van der Waals surface area contributed by atoms with Crippen molar-refractivity contribution in [3.63, 3.8) is 0 Å². The average Bonchev–Trinajstić information content (AvgIpc) is 3.27. The van der Waals surface area contributed by atoms with E-state index < -0.39 is 0 Å². The molecule has 0 bridgehead atoms. The highest BCUT2D eigenvalue weighted by Crippen LogP contribution is 2.27. The van der Waals surface area contributed by atoms with Gasteiger partial charge < -0.3 is 20.1 Å². The number of aliphatic imine (C=N–C) groups is 1. The topological polar surface area (TPSA) is 74.6 Å². The van der Waals surface area contributed by atoms with Gasteiger partial charge in [0.2, 0.25) is 0 Å². The number of aryl methyl sites for hydroxylation is 1. The minimum absolute atomic E-state index is 0.291. The fourth-order valence-corrected chi connectivity index (χ4v) is 3.69. The average molecular weight is 415 g/mol. The Hall–Kier alpha value is -2.90. The first kappa shape index (κ1) is 21.8. The number of rotatable bonds is 6. The van der Waals surface area contributed by atoms with Gasteiger partial charge in [-0.15, -0.1) is 0 Å². The molecule has 2 heterocycles. The number of likely N-dealkylation sites (tertiary alicyclic amines) is 1. The summed E-state index contributed by atoms with van der Waals surface area (Å²) in [6.07, 6.45) is 6.77. The van der Waals surface area contributed by atoms with Crippen LogP contribution in [0.4, 0.5) is 4.39 Å². The molecule has 0 spiro atoms. The number of piperidine rings is 1. The van der Waals surface area contributed by atoms with Crippen LogP contribution in [-0.4, -0.2) is 59.0 Å². The summed E-state index contributed by atoms with van der Waals surface area (Å²) in [7, 11) is 0. The molecule has 0 aliphatic carbocycles. The maximum Gasteiger partial charge on any atom is 0.251 e. The van der Waals surface area contributed by atoms with E-state index in [4.69, 9.17) is 4.99 Å². The SMILES string of the molecule is CCNC(=NCCNC(=O)c1ccc(C)c(F)c1)N1CCC(C)C(n2ccnc2)C1. The highest BCUT2D eigenvalue weighted by molar-refractivity contribution is 5.94. The minimum Gasteiger partial charge on any atom is -0.357 e. The smallest absolute Gasteiger partial charge is 0.251 e. The van der Waals surface area contributed by atoms with Gasteiger partial charge in [0.05, 0.1) is 18.9 Å². The molecule has 1 aromatic heterocycles. The van der Waals surface area contributed by atoms with Crippen LogP contribution in [0.3, 0.4) is 0 Å². The molecule has 1 aliphatic heterocycles. The van der Waals surface area contributed by atoms with E-state index >= 15 is 0 Å². The number of nitrogens with zero attached hydrogens (tertiary/aromatic N) is 4. The first-order chi connectivity index (χ1) is 14.5. The molecule has 1 amide bonds. The number of imidazole rings is 1. The maximum absolute atomic E-state index is 13.7. The summed E-state index contributed by atoms with van der Waals surface area (Å²) < 4.78 is 15.8. The zero-order valence-corrected chi connectivity index (χ0v) is 17.9. The fraction of sp³-hybridized carbons (Fsp3) is 0.500. The molecular weight excluding hydrogens is 383 g/mol. The Bertz CT molecular complexity index is 867. The number of hydrogen-bond acceptors (Lipinski definition) is 3. The molecule has 0 radical (unpaired) electrons. The van der Waals surface area contributed by atoms with Gasteiger partial charge in [0.15, 0.2) is 5.96 Å². The second-order valence-electron chi connectivity index (χ2n) is 7.74. The summed E-state index contributed by atoms with van der Waals surface area (Å²) >= 11 is 0. The van der Waals surface area contributed by atoms with Gasteiger partial charge in [-0.2, -0.15) is 0 Å². The zero-order valence-electron chi connectivity index (χ0n) is 17.9. The number of benzene rings is 1. The van der Waals surface area contributed by atoms with Crippen LogP contribution >= 0.6 is 0 Å². The lowest BCUT2D eigenvalue weighted by molar-refractivity contribution is 0.0954. The number of guanidine groups is 1. The summed E-state index contributed by atoms with van der Waals surface area (Å²) in [5, 5.41) is 6.17. The van der Waals surface area contributed by atoms with Crippen molar-refractivity contribution in [3.8, 4) is 0 Å². The van der Waals surface area contributed by atoms with Gasteiger partial charge in [-0.1, -0.05) is 13.0 Å². The molecule has 30 heavy (non-hydrogen) atoms. The quantitative estimate of drug-likeness (QED) is 0.433. The molecule has 2 N–H and O–H groups in total. The van der Waals surface area contributed by atoms with E-state index in [1.807, 2.05) is 25.6 Å². The van der Waals surface area contributed by atoms with E-state index in [1.54, 1.807) is 19.1 Å². The van der Waals surface area contributed by atoms with Gasteiger partial charge >= 0.3 is 0 Å². The lowest BCUT2D eigenvalue weighted by atomic mass is 9.93. The van der Waals surface area contributed by atoms with Crippen LogP contribution in [0.15, 0.2) is 41.9 Å². The molecule has 1 aromatic carbocycles. The maximum atomic E-state index is 13.7. The van der Waals surface area contributed by atoms with E-state index in [1.165, 1.54) is 6.07 Å². The second-order valence-corrected chi connectivity index (χ2v) is 7.74. The van der Waals surface area contributed by atoms with Crippen molar-refractivity contribution >= 4 is 11.9 Å². The van der Waals surface area contributed by atoms with E-state index in [0.29, 0.717) is 36.2 Å². The van der Waals surface area contributed by atoms with Crippen LogP contribution < -0.4 is 10.6 Å². The van der Waals surface area contributed by atoms with Crippen LogP contribution in [0, 0.1) is 18.7 Å². The Labute approximate surface area is 177 Å². The van der Waals surface area contributed by atoms with Crippen molar-refractivity contribution in [1.82, 2.24) is 25.1 Å². The van der Waals surface area contributed by atoms with Crippen LogP contribution in [0.1, 0.15) is 42.2 Å².